The molecule has 0 atom stereocenters. The molecule has 0 unspecified atom stereocenters. The molecule has 0 aromatic heterocycles. The summed E-state index contributed by atoms with van der Waals surface area (Å²) in [6.45, 7) is 8.73. The summed E-state index contributed by atoms with van der Waals surface area (Å²) in [6.07, 6.45) is 0. The van der Waals surface area contributed by atoms with Crippen molar-refractivity contribution in [1.29, 1.82) is 0 Å². The molecule has 0 N–H and O–H groups in total. The lowest BCUT2D eigenvalue weighted by Gasteiger charge is -2.19. The Morgan fingerprint density at radius 3 is 2.00 bits per heavy atom. The quantitative estimate of drug-likeness (QED) is 0.250. The normalized spacial score (nSPS) is 11.0. The lowest BCUT2D eigenvalue weighted by atomic mass is 9.85. The Bertz CT molecular complexity index is 1460. The van der Waals surface area contributed by atoms with E-state index < -0.39 is 0 Å². The van der Waals surface area contributed by atoms with Crippen LogP contribution in [0.25, 0.3) is 44.2 Å². The summed E-state index contributed by atoms with van der Waals surface area (Å²) >= 11 is 0. The molecule has 0 heterocycles. The van der Waals surface area contributed by atoms with E-state index in [1.165, 1.54) is 60.8 Å². The molecule has 0 saturated carbocycles. The maximum absolute atomic E-state index is 4.14. The molecule has 1 nitrogen and oxygen atoms in total. The number of benzene rings is 5. The van der Waals surface area contributed by atoms with Crippen LogP contribution in [0.5, 0.6) is 0 Å². The van der Waals surface area contributed by atoms with Crippen LogP contribution in [0.15, 0.2) is 108 Å². The van der Waals surface area contributed by atoms with Gasteiger partial charge in [-0.25, -0.2) is 0 Å². The molecule has 0 spiro atoms. The van der Waals surface area contributed by atoms with Crippen molar-refractivity contribution < 1.29 is 0 Å². The van der Waals surface area contributed by atoms with E-state index in [-0.39, 0.29) is 0 Å². The molecule has 0 bridgehead atoms. The van der Waals surface area contributed by atoms with Crippen LogP contribution in [0.2, 0.25) is 0 Å². The first-order chi connectivity index (χ1) is 16.2. The zero-order valence-corrected chi connectivity index (χ0v) is 19.2. The summed E-state index contributed by atoms with van der Waals surface area (Å²) < 4.78 is 0. The van der Waals surface area contributed by atoms with Crippen molar-refractivity contribution in [3.63, 3.8) is 0 Å². The van der Waals surface area contributed by atoms with Crippen molar-refractivity contribution in [2.75, 3.05) is 0 Å². The van der Waals surface area contributed by atoms with Gasteiger partial charge in [-0.15, -0.1) is 0 Å². The number of nitrogens with zero attached hydrogens (tertiary/aromatic N) is 1. The van der Waals surface area contributed by atoms with E-state index in [2.05, 4.69) is 129 Å². The Morgan fingerprint density at radius 2 is 1.24 bits per heavy atom. The zero-order chi connectivity index (χ0) is 22.8. The molecule has 0 radical (unpaired) electrons. The van der Waals surface area contributed by atoms with Crippen LogP contribution in [0.4, 0.5) is 0 Å². The van der Waals surface area contributed by atoms with Crippen molar-refractivity contribution in [3.05, 3.63) is 120 Å². The van der Waals surface area contributed by atoms with Crippen LogP contribution in [-0.2, 0) is 6.54 Å². The molecule has 5 rings (SSSR count). The van der Waals surface area contributed by atoms with Gasteiger partial charge in [0, 0.05) is 0 Å². The van der Waals surface area contributed by atoms with Gasteiger partial charge in [-0.2, -0.15) is 0 Å². The van der Waals surface area contributed by atoms with Crippen LogP contribution >= 0.6 is 0 Å². The van der Waals surface area contributed by atoms with Crippen molar-refractivity contribution in [2.45, 2.75) is 20.4 Å². The minimum absolute atomic E-state index is 0.623. The molecule has 160 valence electrons. The number of rotatable bonds is 5. The third-order valence-corrected chi connectivity index (χ3v) is 6.47. The monoisotopic (exact) mass is 425 g/mol. The Labute approximate surface area is 196 Å². The van der Waals surface area contributed by atoms with Gasteiger partial charge in [-0.3, -0.25) is 4.99 Å². The lowest BCUT2D eigenvalue weighted by molar-refractivity contribution is 1.10. The van der Waals surface area contributed by atoms with Gasteiger partial charge in [-0.1, -0.05) is 97.1 Å². The average Bonchev–Trinajstić information content (AvgIpc) is 2.85. The van der Waals surface area contributed by atoms with Crippen molar-refractivity contribution in [3.8, 4) is 33.4 Å². The Hall–Kier alpha value is -3.97. The topological polar surface area (TPSA) is 12.4 Å². The van der Waals surface area contributed by atoms with Crippen molar-refractivity contribution in [2.24, 2.45) is 4.99 Å². The van der Waals surface area contributed by atoms with Gasteiger partial charge in [0.15, 0.2) is 0 Å². The largest absolute Gasteiger partial charge is 0.296 e. The molecule has 5 aromatic rings. The summed E-state index contributed by atoms with van der Waals surface area (Å²) in [4.78, 5) is 4.14. The van der Waals surface area contributed by atoms with Gasteiger partial charge < -0.3 is 0 Å². The lowest BCUT2D eigenvalue weighted by Crippen LogP contribution is -1.94. The molecule has 0 aliphatic carbocycles. The van der Waals surface area contributed by atoms with E-state index in [0.717, 1.165) is 0 Å². The summed E-state index contributed by atoms with van der Waals surface area (Å²) in [5, 5.41) is 2.49. The maximum Gasteiger partial charge on any atom is 0.0638 e. The standard InChI is InChI=1S/C32H27N/c1-22-11-7-8-14-26(22)30-20-31(24-12-5-4-6-13-24)32(19-23(30)2)29-18-17-25(21-33-3)27-15-9-10-16-28(27)29/h4-20H,3,21H2,1-2H3. The minimum atomic E-state index is 0.623. The predicted octanol–water partition coefficient (Wildman–Crippen LogP) is 8.66. The molecule has 5 aromatic carbocycles. The number of fused-ring (bicyclic) bond motifs is 1. The SMILES string of the molecule is C=NCc1ccc(-c2cc(C)c(-c3ccccc3C)cc2-c2ccccc2)c2ccccc12. The minimum Gasteiger partial charge on any atom is -0.296 e. The fourth-order valence-electron chi connectivity index (χ4n) is 4.81. The molecule has 0 aliphatic rings. The second-order valence-corrected chi connectivity index (χ2v) is 8.59. The molecule has 1 heteroatoms. The van der Waals surface area contributed by atoms with Gasteiger partial charge in [0.2, 0.25) is 0 Å². The number of hydrogen-bond acceptors (Lipinski definition) is 1. The van der Waals surface area contributed by atoms with Crippen LogP contribution in [-0.4, -0.2) is 6.72 Å². The second-order valence-electron chi connectivity index (χ2n) is 8.59. The Kier molecular flexibility index (Phi) is 5.62. The first-order valence-electron chi connectivity index (χ1n) is 11.4. The fraction of sp³-hybridized carbons (Fsp3) is 0.0938. The van der Waals surface area contributed by atoms with Crippen LogP contribution in [0.1, 0.15) is 16.7 Å². The van der Waals surface area contributed by atoms with Crippen molar-refractivity contribution in [1.82, 2.24) is 0 Å². The van der Waals surface area contributed by atoms with Crippen LogP contribution in [0, 0.1) is 13.8 Å². The van der Waals surface area contributed by atoms with E-state index >= 15 is 0 Å². The second kappa shape index (κ2) is 8.88. The van der Waals surface area contributed by atoms with Gasteiger partial charge in [0.1, 0.15) is 0 Å². The Balaban J connectivity index is 1.82. The molecule has 0 amide bonds. The summed E-state index contributed by atoms with van der Waals surface area (Å²) in [5.74, 6) is 0. The van der Waals surface area contributed by atoms with Gasteiger partial charge >= 0.3 is 0 Å². The van der Waals surface area contributed by atoms with Gasteiger partial charge in [-0.05, 0) is 87.5 Å². The van der Waals surface area contributed by atoms with E-state index in [1.807, 2.05) is 0 Å². The van der Waals surface area contributed by atoms with Crippen LogP contribution < -0.4 is 0 Å². The van der Waals surface area contributed by atoms with E-state index in [4.69, 9.17) is 0 Å². The zero-order valence-electron chi connectivity index (χ0n) is 19.2. The summed E-state index contributed by atoms with van der Waals surface area (Å²) in [5.41, 5.74) is 11.3. The predicted molar refractivity (Wildman–Crippen MR) is 143 cm³/mol. The summed E-state index contributed by atoms with van der Waals surface area (Å²) in [7, 11) is 0. The highest BCUT2D eigenvalue weighted by molar-refractivity contribution is 6.02. The van der Waals surface area contributed by atoms with E-state index in [0.29, 0.717) is 6.54 Å². The molecular formula is C32H27N. The number of aryl methyl sites for hydroxylation is 2. The van der Waals surface area contributed by atoms with Gasteiger partial charge in [0.05, 0.1) is 6.54 Å². The molecule has 0 aliphatic heterocycles. The smallest absolute Gasteiger partial charge is 0.0638 e. The maximum atomic E-state index is 4.14. The van der Waals surface area contributed by atoms with E-state index in [9.17, 15) is 0 Å². The number of hydrogen-bond donors (Lipinski definition) is 0. The molecule has 0 fully saturated rings. The summed E-state index contributed by atoms with van der Waals surface area (Å²) in [6, 6.07) is 37.1. The Morgan fingerprint density at radius 1 is 0.545 bits per heavy atom. The van der Waals surface area contributed by atoms with E-state index in [1.54, 1.807) is 0 Å². The number of aliphatic imine (C=N–C) groups is 1. The first kappa shape index (κ1) is 20.9. The average molecular weight is 426 g/mol. The molecule has 33 heavy (non-hydrogen) atoms. The van der Waals surface area contributed by atoms with Gasteiger partial charge in [0.25, 0.3) is 0 Å². The third kappa shape index (κ3) is 3.87. The highest BCUT2D eigenvalue weighted by Crippen LogP contribution is 2.41. The molecule has 0 saturated heterocycles. The van der Waals surface area contributed by atoms with Crippen LogP contribution in [0.3, 0.4) is 0 Å². The first-order valence-corrected chi connectivity index (χ1v) is 11.4. The fourth-order valence-corrected chi connectivity index (χ4v) is 4.81. The highest BCUT2D eigenvalue weighted by Gasteiger charge is 2.16. The van der Waals surface area contributed by atoms with Crippen molar-refractivity contribution >= 4 is 17.5 Å². The molecular weight excluding hydrogens is 398 g/mol. The highest BCUT2D eigenvalue weighted by atomic mass is 14.7. The third-order valence-electron chi connectivity index (χ3n) is 6.47.